The van der Waals surface area contributed by atoms with Crippen molar-refractivity contribution in [3.8, 4) is 0 Å². The summed E-state index contributed by atoms with van der Waals surface area (Å²) in [5.74, 6) is -0.657. The molecular weight excluding hydrogens is 336 g/mol. The van der Waals surface area contributed by atoms with Crippen molar-refractivity contribution in [2.24, 2.45) is 0 Å². The molecule has 1 aromatic rings. The van der Waals surface area contributed by atoms with E-state index in [2.05, 4.69) is 10.6 Å². The molecule has 0 aromatic heterocycles. The molecule has 1 unspecified atom stereocenters. The first-order valence-electron chi connectivity index (χ1n) is 7.46. The first kappa shape index (κ1) is 19.9. The van der Waals surface area contributed by atoms with Gasteiger partial charge in [-0.1, -0.05) is 6.07 Å². The number of rotatable bonds is 4. The summed E-state index contributed by atoms with van der Waals surface area (Å²) in [6.45, 7) is 5.60. The molecule has 0 spiro atoms. The molecule has 1 aliphatic heterocycles. The zero-order valence-corrected chi connectivity index (χ0v) is 14.3. The Balaban J connectivity index is 0.00000288. The molecule has 9 heteroatoms. The molecule has 0 bridgehead atoms. The van der Waals surface area contributed by atoms with Gasteiger partial charge in [0.1, 0.15) is 6.04 Å². The van der Waals surface area contributed by atoms with E-state index in [0.717, 1.165) is 13.1 Å². The van der Waals surface area contributed by atoms with Crippen LogP contribution in [0.1, 0.15) is 24.2 Å². The van der Waals surface area contributed by atoms with Gasteiger partial charge in [-0.15, -0.1) is 12.4 Å². The number of nitrogens with one attached hydrogen (secondary N) is 2. The minimum absolute atomic E-state index is 0. The summed E-state index contributed by atoms with van der Waals surface area (Å²) < 4.78 is 0. The average molecular weight is 357 g/mol. The molecule has 24 heavy (non-hydrogen) atoms. The summed E-state index contributed by atoms with van der Waals surface area (Å²) in [7, 11) is 0. The lowest BCUT2D eigenvalue weighted by Crippen LogP contribution is -2.57. The van der Waals surface area contributed by atoms with Gasteiger partial charge in [0, 0.05) is 43.4 Å². The second-order valence-electron chi connectivity index (χ2n) is 5.59. The largest absolute Gasteiger partial charge is 0.341 e. The fourth-order valence-corrected chi connectivity index (χ4v) is 2.52. The number of nitrogens with zero attached hydrogens (tertiary/aromatic N) is 2. The molecule has 0 aliphatic carbocycles. The van der Waals surface area contributed by atoms with Crippen LogP contribution in [0.3, 0.4) is 0 Å². The van der Waals surface area contributed by atoms with E-state index >= 15 is 0 Å². The van der Waals surface area contributed by atoms with E-state index in [0.29, 0.717) is 6.54 Å². The molecule has 1 heterocycles. The molecule has 1 aliphatic rings. The maximum atomic E-state index is 12.4. The van der Waals surface area contributed by atoms with Crippen molar-refractivity contribution in [2.45, 2.75) is 25.9 Å². The normalized spacial score (nSPS) is 18.2. The molecular formula is C15H21ClN4O4. The smallest absolute Gasteiger partial charge is 0.270 e. The number of hydrogen-bond acceptors (Lipinski definition) is 5. The third-order valence-electron chi connectivity index (χ3n) is 3.82. The van der Waals surface area contributed by atoms with Crippen LogP contribution in [0, 0.1) is 10.1 Å². The van der Waals surface area contributed by atoms with Crippen LogP contribution in [-0.2, 0) is 4.79 Å². The molecule has 2 amide bonds. The van der Waals surface area contributed by atoms with E-state index in [1.165, 1.54) is 24.3 Å². The lowest BCUT2D eigenvalue weighted by atomic mass is 10.1. The van der Waals surface area contributed by atoms with Gasteiger partial charge < -0.3 is 15.5 Å². The number of amides is 2. The van der Waals surface area contributed by atoms with Gasteiger partial charge in [-0.05, 0) is 19.9 Å². The van der Waals surface area contributed by atoms with Gasteiger partial charge >= 0.3 is 0 Å². The molecule has 132 valence electrons. The maximum absolute atomic E-state index is 12.4. The summed E-state index contributed by atoms with van der Waals surface area (Å²) in [6, 6.07) is 4.80. The Morgan fingerprint density at radius 3 is 2.79 bits per heavy atom. The van der Waals surface area contributed by atoms with Crippen molar-refractivity contribution < 1.29 is 14.5 Å². The Kier molecular flexibility index (Phi) is 7.12. The van der Waals surface area contributed by atoms with Crippen molar-refractivity contribution in [1.29, 1.82) is 0 Å². The van der Waals surface area contributed by atoms with Gasteiger partial charge in [0.25, 0.3) is 11.6 Å². The van der Waals surface area contributed by atoms with E-state index in [9.17, 15) is 19.7 Å². The van der Waals surface area contributed by atoms with Gasteiger partial charge in [-0.2, -0.15) is 0 Å². The van der Waals surface area contributed by atoms with Crippen LogP contribution < -0.4 is 10.6 Å². The quantitative estimate of drug-likeness (QED) is 0.617. The van der Waals surface area contributed by atoms with Gasteiger partial charge in [0.05, 0.1) is 4.92 Å². The van der Waals surface area contributed by atoms with Crippen LogP contribution in [0.25, 0.3) is 0 Å². The van der Waals surface area contributed by atoms with E-state index in [4.69, 9.17) is 0 Å². The van der Waals surface area contributed by atoms with Crippen LogP contribution in [-0.4, -0.2) is 53.4 Å². The molecule has 2 rings (SSSR count). The number of halogens is 1. The summed E-state index contributed by atoms with van der Waals surface area (Å²) in [4.78, 5) is 36.5. The zero-order chi connectivity index (χ0) is 17.0. The van der Waals surface area contributed by atoms with E-state index in [1.807, 2.05) is 6.92 Å². The third-order valence-corrected chi connectivity index (χ3v) is 3.82. The predicted octanol–water partition coefficient (Wildman–Crippen LogP) is 0.955. The van der Waals surface area contributed by atoms with Crippen molar-refractivity contribution in [2.75, 3.05) is 19.6 Å². The van der Waals surface area contributed by atoms with Crippen molar-refractivity contribution >= 4 is 29.9 Å². The maximum Gasteiger partial charge on any atom is 0.270 e. The first-order valence-corrected chi connectivity index (χ1v) is 7.46. The third kappa shape index (κ3) is 4.65. The van der Waals surface area contributed by atoms with E-state index in [-0.39, 0.29) is 35.6 Å². The van der Waals surface area contributed by atoms with Gasteiger partial charge in [-0.3, -0.25) is 19.7 Å². The first-order chi connectivity index (χ1) is 10.9. The Labute approximate surface area is 146 Å². The Morgan fingerprint density at radius 2 is 2.17 bits per heavy atom. The van der Waals surface area contributed by atoms with Crippen LogP contribution in [0.4, 0.5) is 5.69 Å². The van der Waals surface area contributed by atoms with Crippen molar-refractivity contribution in [3.05, 3.63) is 39.9 Å². The average Bonchev–Trinajstić information content (AvgIpc) is 2.54. The number of benzene rings is 1. The number of carbonyl (C=O) groups excluding carboxylic acids is 2. The number of hydrogen-bond donors (Lipinski definition) is 2. The van der Waals surface area contributed by atoms with E-state index < -0.39 is 16.9 Å². The molecule has 1 saturated heterocycles. The minimum atomic E-state index is -0.692. The fourth-order valence-electron chi connectivity index (χ4n) is 2.52. The van der Waals surface area contributed by atoms with Crippen molar-refractivity contribution in [3.63, 3.8) is 0 Å². The number of non-ortho nitro benzene ring substituents is 1. The second-order valence-corrected chi connectivity index (χ2v) is 5.59. The minimum Gasteiger partial charge on any atom is -0.341 e. The number of piperazine rings is 1. The predicted molar refractivity (Wildman–Crippen MR) is 91.3 cm³/mol. The fraction of sp³-hybridized carbons (Fsp3) is 0.467. The van der Waals surface area contributed by atoms with Gasteiger partial charge in [0.2, 0.25) is 5.91 Å². The van der Waals surface area contributed by atoms with Gasteiger partial charge in [0.15, 0.2) is 0 Å². The highest BCUT2D eigenvalue weighted by Gasteiger charge is 2.28. The lowest BCUT2D eigenvalue weighted by Gasteiger charge is -2.35. The standard InChI is InChI=1S/C15H20N4O4.ClH/c1-10-9-16-6-7-18(10)15(21)11(2)17-14(20)12-4-3-5-13(8-12)19(22)23;/h3-5,8,10-11,16H,6-7,9H2,1-2H3,(H,17,20);1H/t10-,11?;/m0./s1. The molecule has 0 saturated carbocycles. The molecule has 1 fully saturated rings. The molecule has 1 aromatic carbocycles. The van der Waals surface area contributed by atoms with Gasteiger partial charge in [-0.25, -0.2) is 0 Å². The van der Waals surface area contributed by atoms with Crippen LogP contribution in [0.2, 0.25) is 0 Å². The molecule has 8 nitrogen and oxygen atoms in total. The van der Waals surface area contributed by atoms with Crippen LogP contribution in [0.15, 0.2) is 24.3 Å². The highest BCUT2D eigenvalue weighted by Crippen LogP contribution is 2.13. The SMILES string of the molecule is CC(NC(=O)c1cccc([N+](=O)[O-])c1)C(=O)N1CCNC[C@@H]1C.Cl. The second kappa shape index (κ2) is 8.60. The Bertz CT molecular complexity index is 625. The Hall–Kier alpha value is -2.19. The number of nitro benzene ring substituents is 1. The topological polar surface area (TPSA) is 105 Å². The summed E-state index contributed by atoms with van der Waals surface area (Å²) in [6.07, 6.45) is 0. The lowest BCUT2D eigenvalue weighted by molar-refractivity contribution is -0.384. The Morgan fingerprint density at radius 1 is 1.46 bits per heavy atom. The molecule has 2 N–H and O–H groups in total. The van der Waals surface area contributed by atoms with Crippen LogP contribution >= 0.6 is 12.4 Å². The van der Waals surface area contributed by atoms with E-state index in [1.54, 1.807) is 11.8 Å². The van der Waals surface area contributed by atoms with Crippen molar-refractivity contribution in [1.82, 2.24) is 15.5 Å². The molecule has 2 atom stereocenters. The van der Waals surface area contributed by atoms with Crippen LogP contribution in [0.5, 0.6) is 0 Å². The zero-order valence-electron chi connectivity index (χ0n) is 13.5. The summed E-state index contributed by atoms with van der Waals surface area (Å²) >= 11 is 0. The highest BCUT2D eigenvalue weighted by molar-refractivity contribution is 5.97. The summed E-state index contributed by atoms with van der Waals surface area (Å²) in [5.41, 5.74) is -0.000402. The number of nitro groups is 1. The highest BCUT2D eigenvalue weighted by atomic mass is 35.5. The monoisotopic (exact) mass is 356 g/mol. The summed E-state index contributed by atoms with van der Waals surface area (Å²) in [5, 5.41) is 16.6. The molecule has 0 radical (unpaired) electrons. The number of carbonyl (C=O) groups is 2.